The molecular formula is C22H38O10Si. The number of rotatable bonds is 5. The van der Waals surface area contributed by atoms with Gasteiger partial charge in [0.1, 0.15) is 18.3 Å². The Kier molecular flexibility index (Phi) is 7.11. The van der Waals surface area contributed by atoms with Crippen LogP contribution in [0.4, 0.5) is 0 Å². The molecule has 0 radical (unpaired) electrons. The lowest BCUT2D eigenvalue weighted by molar-refractivity contribution is -0.329. The van der Waals surface area contributed by atoms with E-state index in [1.807, 2.05) is 0 Å². The maximum absolute atomic E-state index is 12.1. The molecule has 11 heteroatoms. The van der Waals surface area contributed by atoms with E-state index in [9.17, 15) is 14.7 Å². The first kappa shape index (κ1) is 26.5. The van der Waals surface area contributed by atoms with Gasteiger partial charge in [-0.25, -0.2) is 0 Å². The highest BCUT2D eigenvalue weighted by molar-refractivity contribution is 6.74. The molecule has 0 bridgehead atoms. The lowest BCUT2D eigenvalue weighted by atomic mass is 9.80. The van der Waals surface area contributed by atoms with Gasteiger partial charge in [-0.05, 0) is 32.0 Å². The zero-order valence-electron chi connectivity index (χ0n) is 21.0. The number of fused-ring (bicyclic) bond motifs is 2. The molecular weight excluding hydrogens is 452 g/mol. The van der Waals surface area contributed by atoms with Gasteiger partial charge in [-0.1, -0.05) is 20.8 Å². The lowest BCUT2D eigenvalue weighted by Gasteiger charge is -2.50. The van der Waals surface area contributed by atoms with E-state index < -0.39 is 68.6 Å². The van der Waals surface area contributed by atoms with Crippen LogP contribution in [0.25, 0.3) is 0 Å². The van der Waals surface area contributed by atoms with Crippen LogP contribution in [0.5, 0.6) is 0 Å². The van der Waals surface area contributed by atoms with E-state index in [2.05, 4.69) is 33.9 Å². The number of esters is 2. The van der Waals surface area contributed by atoms with E-state index in [0.29, 0.717) is 0 Å². The summed E-state index contributed by atoms with van der Waals surface area (Å²) in [4.78, 5) is 24.0. The molecule has 33 heavy (non-hydrogen) atoms. The lowest BCUT2D eigenvalue weighted by Crippen LogP contribution is -2.69. The van der Waals surface area contributed by atoms with Crippen molar-refractivity contribution in [3.8, 4) is 0 Å². The Hall–Kier alpha value is -1.08. The van der Waals surface area contributed by atoms with Crippen molar-refractivity contribution < 1.29 is 47.5 Å². The Bertz CT molecular complexity index is 763. The number of ether oxygens (including phenoxy) is 6. The van der Waals surface area contributed by atoms with E-state index in [4.69, 9.17) is 32.8 Å². The summed E-state index contributed by atoms with van der Waals surface area (Å²) in [7, 11) is -2.20. The van der Waals surface area contributed by atoms with Gasteiger partial charge >= 0.3 is 11.9 Å². The Labute approximate surface area is 196 Å². The fourth-order valence-corrected chi connectivity index (χ4v) is 5.38. The molecule has 1 spiro atoms. The molecule has 190 valence electrons. The maximum atomic E-state index is 12.1. The van der Waals surface area contributed by atoms with E-state index >= 15 is 0 Å². The first-order chi connectivity index (χ1) is 15.0. The molecule has 1 unspecified atom stereocenters. The van der Waals surface area contributed by atoms with Crippen LogP contribution in [0.15, 0.2) is 0 Å². The van der Waals surface area contributed by atoms with E-state index in [-0.39, 0.29) is 18.1 Å². The predicted molar refractivity (Wildman–Crippen MR) is 117 cm³/mol. The van der Waals surface area contributed by atoms with Crippen molar-refractivity contribution in [1.82, 2.24) is 0 Å². The smallest absolute Gasteiger partial charge is 0.303 e. The summed E-state index contributed by atoms with van der Waals surface area (Å²) in [6.45, 7) is 16.6. The van der Waals surface area contributed by atoms with Gasteiger partial charge in [-0.15, -0.1) is 0 Å². The molecule has 3 saturated heterocycles. The second-order valence-electron chi connectivity index (χ2n) is 11.0. The molecule has 0 aromatic carbocycles. The minimum atomic E-state index is -2.20. The Morgan fingerprint density at radius 3 is 2.21 bits per heavy atom. The first-order valence-electron chi connectivity index (χ1n) is 11.3. The summed E-state index contributed by atoms with van der Waals surface area (Å²) < 4.78 is 42.0. The number of carbonyl (C=O) groups is 2. The summed E-state index contributed by atoms with van der Waals surface area (Å²) in [6, 6.07) is 0. The SMILES string of the molecule is CC(=O)O[C@H]1CC(O)O[C@]2([C@@H]1OC(C)=O)[C@@H](CO[Si](C)(C)C(C)(C)C)O[C@@H]1OC(C)(C)O[C@@H]12. The number of carbonyl (C=O) groups excluding carboxylic acids is 2. The van der Waals surface area contributed by atoms with Crippen LogP contribution in [-0.2, 0) is 42.4 Å². The molecule has 0 amide bonds. The van der Waals surface area contributed by atoms with Gasteiger partial charge in [0, 0.05) is 20.3 Å². The third-order valence-corrected chi connectivity index (χ3v) is 11.4. The topological polar surface area (TPSA) is 119 Å². The van der Waals surface area contributed by atoms with Crippen molar-refractivity contribution in [2.24, 2.45) is 0 Å². The fraction of sp³-hybridized carbons (Fsp3) is 0.909. The van der Waals surface area contributed by atoms with Gasteiger partial charge in [-0.2, -0.15) is 0 Å². The maximum Gasteiger partial charge on any atom is 0.303 e. The number of aliphatic hydroxyl groups is 1. The zero-order valence-corrected chi connectivity index (χ0v) is 22.0. The van der Waals surface area contributed by atoms with Crippen LogP contribution >= 0.6 is 0 Å². The van der Waals surface area contributed by atoms with Gasteiger partial charge < -0.3 is 38.0 Å². The number of hydrogen-bond donors (Lipinski definition) is 1. The summed E-state index contributed by atoms with van der Waals surface area (Å²) >= 11 is 0. The van der Waals surface area contributed by atoms with Crippen LogP contribution in [0, 0.1) is 0 Å². The molecule has 0 aliphatic carbocycles. The third kappa shape index (κ3) is 5.14. The van der Waals surface area contributed by atoms with Crippen molar-refractivity contribution in [2.45, 2.75) is 121 Å². The van der Waals surface area contributed by atoms with Gasteiger partial charge in [-0.3, -0.25) is 9.59 Å². The van der Waals surface area contributed by atoms with Crippen LogP contribution in [0.2, 0.25) is 18.1 Å². The average molecular weight is 491 g/mol. The van der Waals surface area contributed by atoms with Gasteiger partial charge in [0.2, 0.25) is 0 Å². The van der Waals surface area contributed by atoms with Gasteiger partial charge in [0.05, 0.1) is 6.61 Å². The Morgan fingerprint density at radius 2 is 1.67 bits per heavy atom. The van der Waals surface area contributed by atoms with E-state index in [0.717, 1.165) is 0 Å². The second kappa shape index (κ2) is 8.85. The standard InChI is InChI=1S/C22H38O10Si/c1-12(23)27-14-10-16(25)30-22(17(14)28-13(2)24)15(11-26-33(8,9)20(3,4)5)29-19-18(22)31-21(6,7)32-19/h14-19,25H,10-11H2,1-9H3/t14-,15+,16?,17+,18-,19+,22-/m0/s1. The molecule has 10 nitrogen and oxygen atoms in total. The summed E-state index contributed by atoms with van der Waals surface area (Å²) in [5, 5.41) is 10.6. The summed E-state index contributed by atoms with van der Waals surface area (Å²) in [6.07, 6.45) is -6.01. The van der Waals surface area contributed by atoms with Crippen LogP contribution < -0.4 is 0 Å². The molecule has 3 rings (SSSR count). The monoisotopic (exact) mass is 490 g/mol. The number of aliphatic hydroxyl groups excluding tert-OH is 1. The fourth-order valence-electron chi connectivity index (χ4n) is 4.38. The van der Waals surface area contributed by atoms with E-state index in [1.54, 1.807) is 13.8 Å². The van der Waals surface area contributed by atoms with Crippen LogP contribution in [0.1, 0.15) is 54.9 Å². The molecule has 3 aliphatic rings. The molecule has 3 fully saturated rings. The molecule has 1 N–H and O–H groups in total. The van der Waals surface area contributed by atoms with Crippen LogP contribution in [-0.4, -0.2) is 80.4 Å². The minimum absolute atomic E-state index is 0.0634. The molecule has 3 heterocycles. The summed E-state index contributed by atoms with van der Waals surface area (Å²) in [5.41, 5.74) is -1.52. The largest absolute Gasteiger partial charge is 0.458 e. The first-order valence-corrected chi connectivity index (χ1v) is 14.2. The second-order valence-corrected chi connectivity index (χ2v) is 15.8. The molecule has 3 aliphatic heterocycles. The third-order valence-electron chi connectivity index (χ3n) is 6.87. The molecule has 7 atom stereocenters. The van der Waals surface area contributed by atoms with Crippen molar-refractivity contribution in [3.05, 3.63) is 0 Å². The van der Waals surface area contributed by atoms with Crippen molar-refractivity contribution in [2.75, 3.05) is 6.61 Å². The normalized spacial score (nSPS) is 38.2. The summed E-state index contributed by atoms with van der Waals surface area (Å²) in [5.74, 6) is -2.17. The van der Waals surface area contributed by atoms with Crippen molar-refractivity contribution in [1.29, 1.82) is 0 Å². The van der Waals surface area contributed by atoms with Gasteiger partial charge in [0.15, 0.2) is 38.4 Å². The average Bonchev–Trinajstić information content (AvgIpc) is 3.06. The highest BCUT2D eigenvalue weighted by atomic mass is 28.4. The highest BCUT2D eigenvalue weighted by Crippen LogP contribution is 2.51. The van der Waals surface area contributed by atoms with Gasteiger partial charge in [0.25, 0.3) is 0 Å². The Morgan fingerprint density at radius 1 is 1.06 bits per heavy atom. The zero-order chi connectivity index (χ0) is 25.0. The van der Waals surface area contributed by atoms with Crippen molar-refractivity contribution in [3.63, 3.8) is 0 Å². The molecule has 0 aromatic rings. The number of hydrogen-bond acceptors (Lipinski definition) is 10. The predicted octanol–water partition coefficient (Wildman–Crippen LogP) is 2.23. The van der Waals surface area contributed by atoms with E-state index in [1.165, 1.54) is 13.8 Å². The minimum Gasteiger partial charge on any atom is -0.458 e. The van der Waals surface area contributed by atoms with Crippen LogP contribution in [0.3, 0.4) is 0 Å². The molecule has 0 aromatic heterocycles. The Balaban J connectivity index is 2.04. The molecule has 0 saturated carbocycles. The quantitative estimate of drug-likeness (QED) is 0.454. The highest BCUT2D eigenvalue weighted by Gasteiger charge is 2.72. The van der Waals surface area contributed by atoms with Crippen molar-refractivity contribution >= 4 is 20.3 Å².